The third-order valence-electron chi connectivity index (χ3n) is 1.90. The van der Waals surface area contributed by atoms with Crippen LogP contribution in [0.2, 0.25) is 0 Å². The minimum absolute atomic E-state index is 0.269. The third-order valence-corrected chi connectivity index (χ3v) is 1.90. The van der Waals surface area contributed by atoms with Crippen LogP contribution < -0.4 is 5.73 Å². The van der Waals surface area contributed by atoms with Crippen molar-refractivity contribution in [1.29, 1.82) is 0 Å². The van der Waals surface area contributed by atoms with Gasteiger partial charge in [0.1, 0.15) is 11.6 Å². The molecule has 1 aromatic carbocycles. The fraction of sp³-hybridized carbons (Fsp3) is 0.100. The zero-order chi connectivity index (χ0) is 10.1. The van der Waals surface area contributed by atoms with Crippen LogP contribution in [0.1, 0.15) is 5.56 Å². The summed E-state index contributed by atoms with van der Waals surface area (Å²) in [6, 6.07) is 6.39. The van der Waals surface area contributed by atoms with E-state index in [-0.39, 0.29) is 5.82 Å². The quantitative estimate of drug-likeness (QED) is 0.748. The van der Waals surface area contributed by atoms with Gasteiger partial charge in [0.25, 0.3) is 0 Å². The van der Waals surface area contributed by atoms with Crippen LogP contribution >= 0.6 is 0 Å². The van der Waals surface area contributed by atoms with E-state index in [1.54, 1.807) is 16.9 Å². The predicted octanol–water partition coefficient (Wildman–Crippen LogP) is 1.90. The molecule has 0 amide bonds. The van der Waals surface area contributed by atoms with Gasteiger partial charge in [-0.25, -0.2) is 9.07 Å². The van der Waals surface area contributed by atoms with Crippen molar-refractivity contribution >= 4 is 5.82 Å². The first-order chi connectivity index (χ1) is 6.65. The summed E-state index contributed by atoms with van der Waals surface area (Å²) in [5, 5.41) is 3.99. The summed E-state index contributed by atoms with van der Waals surface area (Å²) < 4.78 is 14.6. The second-order valence-electron chi connectivity index (χ2n) is 3.17. The number of halogens is 1. The molecule has 0 saturated carbocycles. The summed E-state index contributed by atoms with van der Waals surface area (Å²) in [6.45, 7) is 1.83. The Balaban J connectivity index is 2.51. The average Bonchev–Trinajstić information content (AvgIpc) is 2.50. The van der Waals surface area contributed by atoms with E-state index < -0.39 is 0 Å². The average molecular weight is 191 g/mol. The van der Waals surface area contributed by atoms with E-state index in [9.17, 15) is 4.39 Å². The summed E-state index contributed by atoms with van der Waals surface area (Å²) in [5.74, 6) is 0.154. The molecule has 1 aromatic heterocycles. The molecular formula is C10H10FN3. The number of nitrogen functional groups attached to an aromatic ring is 1. The van der Waals surface area contributed by atoms with Gasteiger partial charge in [0, 0.05) is 12.3 Å². The number of anilines is 1. The minimum Gasteiger partial charge on any atom is -0.382 e. The number of aryl methyl sites for hydroxylation is 1. The molecule has 72 valence electrons. The van der Waals surface area contributed by atoms with E-state index in [1.807, 2.05) is 13.0 Å². The van der Waals surface area contributed by atoms with Crippen molar-refractivity contribution in [2.75, 3.05) is 5.73 Å². The molecule has 4 heteroatoms. The molecule has 0 aliphatic heterocycles. The molecule has 2 aromatic rings. The molecule has 0 spiro atoms. The highest BCUT2D eigenvalue weighted by Gasteiger charge is 2.01. The van der Waals surface area contributed by atoms with E-state index in [2.05, 4.69) is 5.10 Å². The standard InChI is InChI=1S/C10H10FN3/c1-7-4-8(11)6-9(5-7)14-3-2-10(12)13-14/h2-6H,1H3,(H2,12,13). The Labute approximate surface area is 81.0 Å². The SMILES string of the molecule is Cc1cc(F)cc(-n2ccc(N)n2)c1. The van der Waals surface area contributed by atoms with Crippen molar-refractivity contribution in [2.45, 2.75) is 6.92 Å². The molecule has 0 radical (unpaired) electrons. The second-order valence-corrected chi connectivity index (χ2v) is 3.17. The molecule has 0 atom stereocenters. The summed E-state index contributed by atoms with van der Waals surface area (Å²) in [4.78, 5) is 0. The van der Waals surface area contributed by atoms with Crippen molar-refractivity contribution in [3.05, 3.63) is 41.8 Å². The normalized spacial score (nSPS) is 10.4. The van der Waals surface area contributed by atoms with Gasteiger partial charge in [-0.15, -0.1) is 0 Å². The Morgan fingerprint density at radius 3 is 2.71 bits per heavy atom. The topological polar surface area (TPSA) is 43.8 Å². The fourth-order valence-corrected chi connectivity index (χ4v) is 1.33. The molecule has 0 aliphatic rings. The van der Waals surface area contributed by atoms with E-state index in [0.29, 0.717) is 11.5 Å². The van der Waals surface area contributed by atoms with E-state index in [0.717, 1.165) is 5.56 Å². The van der Waals surface area contributed by atoms with Crippen LogP contribution in [0.25, 0.3) is 5.69 Å². The summed E-state index contributed by atoms with van der Waals surface area (Å²) in [7, 11) is 0. The molecule has 1 heterocycles. The van der Waals surface area contributed by atoms with Crippen LogP contribution in [0.5, 0.6) is 0 Å². The molecule has 14 heavy (non-hydrogen) atoms. The van der Waals surface area contributed by atoms with Crippen LogP contribution in [-0.4, -0.2) is 9.78 Å². The largest absolute Gasteiger partial charge is 0.382 e. The van der Waals surface area contributed by atoms with E-state index in [1.165, 1.54) is 12.1 Å². The second kappa shape index (κ2) is 3.14. The molecule has 0 saturated heterocycles. The van der Waals surface area contributed by atoms with Crippen LogP contribution in [0.15, 0.2) is 30.5 Å². The van der Waals surface area contributed by atoms with Crippen LogP contribution in [0.4, 0.5) is 10.2 Å². The number of aromatic nitrogens is 2. The highest BCUT2D eigenvalue weighted by Crippen LogP contribution is 2.13. The van der Waals surface area contributed by atoms with Crippen molar-refractivity contribution in [3.8, 4) is 5.69 Å². The lowest BCUT2D eigenvalue weighted by Gasteiger charge is -2.02. The number of nitrogens with two attached hydrogens (primary N) is 1. The Kier molecular flexibility index (Phi) is 1.96. The van der Waals surface area contributed by atoms with Gasteiger partial charge in [0.15, 0.2) is 0 Å². The van der Waals surface area contributed by atoms with Gasteiger partial charge in [-0.1, -0.05) is 0 Å². The van der Waals surface area contributed by atoms with Crippen molar-refractivity contribution in [2.24, 2.45) is 0 Å². The van der Waals surface area contributed by atoms with Crippen LogP contribution in [-0.2, 0) is 0 Å². The lowest BCUT2D eigenvalue weighted by atomic mass is 10.2. The van der Waals surface area contributed by atoms with Crippen LogP contribution in [0.3, 0.4) is 0 Å². The van der Waals surface area contributed by atoms with E-state index in [4.69, 9.17) is 5.73 Å². The van der Waals surface area contributed by atoms with Gasteiger partial charge < -0.3 is 5.73 Å². The maximum Gasteiger partial charge on any atom is 0.145 e. The third kappa shape index (κ3) is 1.59. The Morgan fingerprint density at radius 2 is 2.14 bits per heavy atom. The Bertz CT molecular complexity index is 442. The monoisotopic (exact) mass is 191 g/mol. The van der Waals surface area contributed by atoms with Gasteiger partial charge in [0.05, 0.1) is 5.69 Å². The van der Waals surface area contributed by atoms with E-state index >= 15 is 0 Å². The predicted molar refractivity (Wildman–Crippen MR) is 52.7 cm³/mol. The number of hydrogen-bond acceptors (Lipinski definition) is 2. The molecule has 0 fully saturated rings. The molecular weight excluding hydrogens is 181 g/mol. The summed E-state index contributed by atoms with van der Waals surface area (Å²) in [6.07, 6.45) is 1.70. The molecule has 2 rings (SSSR count). The van der Waals surface area contributed by atoms with Crippen molar-refractivity contribution in [1.82, 2.24) is 9.78 Å². The highest BCUT2D eigenvalue weighted by molar-refractivity contribution is 5.37. The van der Waals surface area contributed by atoms with Crippen molar-refractivity contribution in [3.63, 3.8) is 0 Å². The van der Waals surface area contributed by atoms with Gasteiger partial charge in [0.2, 0.25) is 0 Å². The van der Waals surface area contributed by atoms with Gasteiger partial charge in [-0.3, -0.25) is 0 Å². The lowest BCUT2D eigenvalue weighted by Crippen LogP contribution is -1.97. The first-order valence-corrected chi connectivity index (χ1v) is 4.24. The number of nitrogens with zero attached hydrogens (tertiary/aromatic N) is 2. The number of hydrogen-bond donors (Lipinski definition) is 1. The highest BCUT2D eigenvalue weighted by atomic mass is 19.1. The van der Waals surface area contributed by atoms with Gasteiger partial charge in [-0.2, -0.15) is 5.10 Å². The first kappa shape index (κ1) is 8.74. The summed E-state index contributed by atoms with van der Waals surface area (Å²) >= 11 is 0. The zero-order valence-electron chi connectivity index (χ0n) is 7.74. The zero-order valence-corrected chi connectivity index (χ0v) is 7.74. The lowest BCUT2D eigenvalue weighted by molar-refractivity contribution is 0.624. The van der Waals surface area contributed by atoms with Gasteiger partial charge >= 0.3 is 0 Å². The van der Waals surface area contributed by atoms with Gasteiger partial charge in [-0.05, 0) is 30.7 Å². The molecule has 0 aliphatic carbocycles. The Morgan fingerprint density at radius 1 is 1.36 bits per heavy atom. The number of rotatable bonds is 1. The van der Waals surface area contributed by atoms with Crippen LogP contribution in [0, 0.1) is 12.7 Å². The van der Waals surface area contributed by atoms with Crippen molar-refractivity contribution < 1.29 is 4.39 Å². The number of benzene rings is 1. The fourth-order valence-electron chi connectivity index (χ4n) is 1.33. The molecule has 3 nitrogen and oxygen atoms in total. The Hall–Kier alpha value is -1.84. The minimum atomic E-state index is -0.269. The molecule has 2 N–H and O–H groups in total. The molecule has 0 unspecified atom stereocenters. The molecule has 0 bridgehead atoms. The first-order valence-electron chi connectivity index (χ1n) is 4.24. The maximum absolute atomic E-state index is 13.0. The smallest absolute Gasteiger partial charge is 0.145 e. The maximum atomic E-state index is 13.0. The summed E-state index contributed by atoms with van der Waals surface area (Å²) in [5.41, 5.74) is 7.00.